The van der Waals surface area contributed by atoms with Gasteiger partial charge in [0.25, 0.3) is 5.56 Å². The van der Waals surface area contributed by atoms with E-state index in [2.05, 4.69) is 25.6 Å². The van der Waals surface area contributed by atoms with Crippen molar-refractivity contribution in [1.29, 1.82) is 0 Å². The Bertz CT molecular complexity index is 1910. The van der Waals surface area contributed by atoms with E-state index in [0.29, 0.717) is 58.1 Å². The number of amides is 1. The monoisotopic (exact) mass is 658 g/mol. The largest absolute Gasteiger partial charge is 0.403 e. The molecule has 47 heavy (non-hydrogen) atoms. The number of nitrogens with zero attached hydrogens (tertiary/aromatic N) is 4. The number of nitrogens with two attached hydrogens (primary N) is 2. The Morgan fingerprint density at radius 3 is 2.70 bits per heavy atom. The molecule has 0 fully saturated rings. The van der Waals surface area contributed by atoms with E-state index in [0.717, 1.165) is 11.8 Å². The fourth-order valence-electron chi connectivity index (χ4n) is 5.36. The zero-order chi connectivity index (χ0) is 33.5. The summed E-state index contributed by atoms with van der Waals surface area (Å²) in [6.45, 7) is -1.30. The highest BCUT2D eigenvalue weighted by atomic mass is 35.5. The first kappa shape index (κ1) is 33.0. The molecule has 2 aromatic heterocycles. The number of anilines is 1. The molecule has 2 aromatic carbocycles. The second-order valence-corrected chi connectivity index (χ2v) is 11.4. The van der Waals surface area contributed by atoms with Gasteiger partial charge in [-0.05, 0) is 54.8 Å². The third-order valence-electron chi connectivity index (χ3n) is 7.82. The van der Waals surface area contributed by atoms with E-state index in [9.17, 15) is 18.4 Å². The van der Waals surface area contributed by atoms with Crippen LogP contribution in [0.5, 0.6) is 0 Å². The lowest BCUT2D eigenvalue weighted by atomic mass is 9.93. The molecule has 5 rings (SSSR count). The summed E-state index contributed by atoms with van der Waals surface area (Å²) in [5.41, 5.74) is 15.2. The molecule has 0 aliphatic carbocycles. The summed E-state index contributed by atoms with van der Waals surface area (Å²) in [4.78, 5) is 38.9. The number of hydrogen-bond donors (Lipinski definition) is 4. The Kier molecular flexibility index (Phi) is 10.4. The van der Waals surface area contributed by atoms with E-state index < -0.39 is 18.5 Å². The summed E-state index contributed by atoms with van der Waals surface area (Å²) in [6.07, 6.45) is 8.98. The van der Waals surface area contributed by atoms with Crippen LogP contribution in [0.15, 0.2) is 107 Å². The van der Waals surface area contributed by atoms with Crippen molar-refractivity contribution in [2.24, 2.45) is 22.4 Å². The van der Waals surface area contributed by atoms with Gasteiger partial charge in [-0.1, -0.05) is 43.1 Å². The molecular weight excluding hydrogens is 626 g/mol. The minimum absolute atomic E-state index is 0.0254. The van der Waals surface area contributed by atoms with Gasteiger partial charge in [-0.25, -0.2) is 9.98 Å². The molecule has 242 valence electrons. The Labute approximate surface area is 274 Å². The fraction of sp³-hybridized carbons (Fsp3) is 0.206. The zero-order valence-electron chi connectivity index (χ0n) is 25.4. The van der Waals surface area contributed by atoms with Gasteiger partial charge in [-0.2, -0.15) is 8.78 Å². The lowest BCUT2D eigenvalue weighted by Gasteiger charge is -2.24. The van der Waals surface area contributed by atoms with E-state index in [4.69, 9.17) is 23.1 Å². The van der Waals surface area contributed by atoms with Crippen LogP contribution in [-0.2, 0) is 4.79 Å². The van der Waals surface area contributed by atoms with Gasteiger partial charge < -0.3 is 22.1 Å². The normalized spacial score (nSPS) is 19.3. The molecule has 0 spiro atoms. The topological polar surface area (TPSA) is 153 Å². The lowest BCUT2D eigenvalue weighted by molar-refractivity contribution is -0.123. The second kappa shape index (κ2) is 14.8. The molecule has 3 heterocycles. The van der Waals surface area contributed by atoms with Gasteiger partial charge in [0.2, 0.25) is 5.91 Å². The van der Waals surface area contributed by atoms with Crippen LogP contribution in [0.3, 0.4) is 0 Å². The molecule has 2 unspecified atom stereocenters. The fourth-order valence-corrected chi connectivity index (χ4v) is 5.53. The number of fused-ring (bicyclic) bond motifs is 2. The van der Waals surface area contributed by atoms with Crippen LogP contribution in [-0.4, -0.2) is 32.7 Å². The number of halogens is 3. The first-order valence-corrected chi connectivity index (χ1v) is 15.2. The molecule has 2 atom stereocenters. The van der Waals surface area contributed by atoms with Crippen molar-refractivity contribution in [1.82, 2.24) is 19.9 Å². The number of benzene rings is 2. The summed E-state index contributed by atoms with van der Waals surface area (Å²) in [7, 11) is 0. The number of alkyl halides is 2. The van der Waals surface area contributed by atoms with Gasteiger partial charge in [0, 0.05) is 64.2 Å². The minimum atomic E-state index is -3.05. The number of aliphatic imine (C=N–C) groups is 1. The zero-order valence-corrected chi connectivity index (χ0v) is 26.2. The Hall–Kier alpha value is -5.36. The Balaban J connectivity index is 1.54. The van der Waals surface area contributed by atoms with Crippen molar-refractivity contribution in [3.05, 3.63) is 130 Å². The molecule has 6 N–H and O–H groups in total. The standard InChI is InChI=1S/C34H33ClF2N8O2/c1-20-5-2-9-30(21-6-3-7-22(13-21)32(44-34(36)37)29(16-38)43-33(20)47)45-19-42-28(15-31(45)46)25-14-24(35)10-11-27(25)41-18-26(39)23-8-4-12-40-17-23/h3-4,6-8,10-20,30,34,41H,2,5,9,38-39H2,1H3,(H,43,47)/b26-18-,29-16?,44-32?. The van der Waals surface area contributed by atoms with Crippen LogP contribution >= 0.6 is 11.6 Å². The van der Waals surface area contributed by atoms with Gasteiger partial charge in [-0.15, -0.1) is 0 Å². The van der Waals surface area contributed by atoms with E-state index in [1.807, 2.05) is 12.1 Å². The highest BCUT2D eigenvalue weighted by molar-refractivity contribution is 6.31. The van der Waals surface area contributed by atoms with Crippen molar-refractivity contribution in [2.45, 2.75) is 38.8 Å². The number of carbonyl (C=O) groups is 1. The van der Waals surface area contributed by atoms with Crippen LogP contribution in [0.25, 0.3) is 17.0 Å². The SMILES string of the molecule is CC1CCCC(n2cnc(-c3cc(Cl)ccc3N/C=C(\N)c3cccnc3)cc2=O)c2cccc(c2)C(=NC(F)F)C(=CN)NC1=O. The molecular formula is C34H33ClF2N8O2. The lowest BCUT2D eigenvalue weighted by Crippen LogP contribution is -2.34. The maximum Gasteiger partial charge on any atom is 0.332 e. The third-order valence-corrected chi connectivity index (χ3v) is 8.06. The van der Waals surface area contributed by atoms with Gasteiger partial charge in [0.05, 0.1) is 35.2 Å². The number of aromatic nitrogens is 3. The van der Waals surface area contributed by atoms with Crippen molar-refractivity contribution in [3.63, 3.8) is 0 Å². The second-order valence-electron chi connectivity index (χ2n) is 11.0. The number of hydrogen-bond acceptors (Lipinski definition) is 8. The minimum Gasteiger partial charge on any atom is -0.403 e. The summed E-state index contributed by atoms with van der Waals surface area (Å²) in [5.74, 6) is -0.827. The number of carbonyl (C=O) groups excluding carboxylic acids is 1. The van der Waals surface area contributed by atoms with Crippen LogP contribution in [0.2, 0.25) is 5.02 Å². The predicted octanol–water partition coefficient (Wildman–Crippen LogP) is 5.67. The summed E-state index contributed by atoms with van der Waals surface area (Å²) >= 11 is 6.35. The molecule has 0 saturated carbocycles. The van der Waals surface area contributed by atoms with Crippen LogP contribution in [0, 0.1) is 5.92 Å². The number of rotatable bonds is 6. The molecule has 1 aliphatic heterocycles. The summed E-state index contributed by atoms with van der Waals surface area (Å²) in [5, 5.41) is 6.27. The molecule has 0 radical (unpaired) electrons. The predicted molar refractivity (Wildman–Crippen MR) is 180 cm³/mol. The van der Waals surface area contributed by atoms with Crippen molar-refractivity contribution >= 4 is 34.6 Å². The third kappa shape index (κ3) is 7.90. The molecule has 10 nitrogen and oxygen atoms in total. The van der Waals surface area contributed by atoms with Crippen molar-refractivity contribution in [3.8, 4) is 11.3 Å². The maximum absolute atomic E-state index is 13.8. The molecule has 4 aromatic rings. The van der Waals surface area contributed by atoms with Crippen LogP contribution in [0.4, 0.5) is 14.5 Å². The summed E-state index contributed by atoms with van der Waals surface area (Å²) in [6, 6.07) is 16.4. The van der Waals surface area contributed by atoms with Gasteiger partial charge in [0.15, 0.2) is 0 Å². The number of allylic oxidation sites excluding steroid dienone is 1. The number of pyridine rings is 1. The molecule has 0 saturated heterocycles. The smallest absolute Gasteiger partial charge is 0.332 e. The Morgan fingerprint density at radius 2 is 1.98 bits per heavy atom. The van der Waals surface area contributed by atoms with Crippen LogP contribution < -0.4 is 27.7 Å². The van der Waals surface area contributed by atoms with Gasteiger partial charge in [-0.3, -0.25) is 19.1 Å². The van der Waals surface area contributed by atoms with E-state index in [-0.39, 0.29) is 22.9 Å². The Morgan fingerprint density at radius 1 is 1.15 bits per heavy atom. The van der Waals surface area contributed by atoms with Crippen molar-refractivity contribution in [2.75, 3.05) is 5.32 Å². The summed E-state index contributed by atoms with van der Waals surface area (Å²) < 4.78 is 28.6. The number of nitrogens with one attached hydrogen (secondary N) is 2. The molecule has 13 heteroatoms. The van der Waals surface area contributed by atoms with Gasteiger partial charge in [0.1, 0.15) is 0 Å². The molecule has 1 amide bonds. The highest BCUT2D eigenvalue weighted by Gasteiger charge is 2.24. The maximum atomic E-state index is 13.8. The molecule has 1 aliphatic rings. The highest BCUT2D eigenvalue weighted by Crippen LogP contribution is 2.31. The molecule has 2 bridgehead atoms. The van der Waals surface area contributed by atoms with E-state index in [1.54, 1.807) is 68.0 Å². The van der Waals surface area contributed by atoms with Gasteiger partial charge >= 0.3 is 6.55 Å². The quantitative estimate of drug-likeness (QED) is 0.195. The first-order chi connectivity index (χ1) is 22.6. The van der Waals surface area contributed by atoms with Crippen LogP contribution in [0.1, 0.15) is 48.9 Å². The average molecular weight is 659 g/mol. The van der Waals surface area contributed by atoms with Crippen molar-refractivity contribution < 1.29 is 13.6 Å². The van der Waals surface area contributed by atoms with E-state index in [1.165, 1.54) is 17.0 Å². The first-order valence-electron chi connectivity index (χ1n) is 14.8. The average Bonchev–Trinajstić information content (AvgIpc) is 3.07. The van der Waals surface area contributed by atoms with E-state index >= 15 is 0 Å².